The Bertz CT molecular complexity index is 932. The molecule has 0 aliphatic heterocycles. The molecule has 0 aliphatic carbocycles. The van der Waals surface area contributed by atoms with Crippen LogP contribution >= 0.6 is 35.3 Å². The molecule has 0 N–H and O–H groups in total. The van der Waals surface area contributed by atoms with Crippen molar-refractivity contribution in [3.63, 3.8) is 0 Å². The van der Waals surface area contributed by atoms with E-state index < -0.39 is 0 Å². The summed E-state index contributed by atoms with van der Waals surface area (Å²) in [6, 6.07) is 12.1. The molecule has 144 valence electrons. The third-order valence-corrected chi connectivity index (χ3v) is 5.37. The van der Waals surface area contributed by atoms with Gasteiger partial charge in [0.2, 0.25) is 5.91 Å². The quantitative estimate of drug-likeness (QED) is 0.574. The van der Waals surface area contributed by atoms with Crippen LogP contribution in [0.4, 0.5) is 9.52 Å². The number of hydrogen-bond acceptors (Lipinski definition) is 4. The van der Waals surface area contributed by atoms with Crippen LogP contribution in [0, 0.1) is 5.82 Å². The first kappa shape index (κ1) is 21.6. The highest BCUT2D eigenvalue weighted by atomic mass is 35.5. The number of carbonyl (C=O) groups excluding carboxylic acids is 1. The molecule has 8 heteroatoms. The van der Waals surface area contributed by atoms with Gasteiger partial charge < -0.3 is 4.90 Å². The molecule has 0 saturated carbocycles. The number of fused-ring (bicyclic) bond motifs is 1. The van der Waals surface area contributed by atoms with Gasteiger partial charge in [-0.3, -0.25) is 9.69 Å². The van der Waals surface area contributed by atoms with E-state index >= 15 is 0 Å². The minimum atomic E-state index is -0.379. The molecule has 1 aromatic heterocycles. The van der Waals surface area contributed by atoms with Crippen LogP contribution < -0.4 is 4.90 Å². The summed E-state index contributed by atoms with van der Waals surface area (Å²) in [5, 5.41) is 1.06. The molecule has 0 spiro atoms. The third-order valence-electron chi connectivity index (χ3n) is 3.96. The van der Waals surface area contributed by atoms with Crippen molar-refractivity contribution in [2.45, 2.75) is 6.42 Å². The summed E-state index contributed by atoms with van der Waals surface area (Å²) >= 11 is 7.51. The van der Waals surface area contributed by atoms with Crippen molar-refractivity contribution in [1.82, 2.24) is 9.88 Å². The van der Waals surface area contributed by atoms with Gasteiger partial charge in [-0.2, -0.15) is 0 Å². The van der Waals surface area contributed by atoms with Crippen LogP contribution in [0.15, 0.2) is 42.5 Å². The molecule has 2 aromatic carbocycles. The van der Waals surface area contributed by atoms with Gasteiger partial charge in [-0.1, -0.05) is 47.2 Å². The Morgan fingerprint density at radius 3 is 2.56 bits per heavy atom. The van der Waals surface area contributed by atoms with Crippen LogP contribution in [0.5, 0.6) is 0 Å². The van der Waals surface area contributed by atoms with Gasteiger partial charge in [0.1, 0.15) is 11.3 Å². The van der Waals surface area contributed by atoms with Gasteiger partial charge in [-0.15, -0.1) is 12.4 Å². The highest BCUT2D eigenvalue weighted by molar-refractivity contribution is 7.22. The zero-order valence-electron chi connectivity index (χ0n) is 15.0. The second-order valence-electron chi connectivity index (χ2n) is 6.20. The maximum Gasteiger partial charge on any atom is 0.233 e. The summed E-state index contributed by atoms with van der Waals surface area (Å²) in [6.45, 7) is 1.14. The van der Waals surface area contributed by atoms with Gasteiger partial charge in [-0.25, -0.2) is 9.37 Å². The van der Waals surface area contributed by atoms with Crippen LogP contribution in [-0.4, -0.2) is 43.0 Å². The number of hydrogen-bond donors (Lipinski definition) is 0. The number of benzene rings is 2. The fourth-order valence-electron chi connectivity index (χ4n) is 2.55. The van der Waals surface area contributed by atoms with E-state index in [4.69, 9.17) is 11.6 Å². The lowest BCUT2D eigenvalue weighted by Gasteiger charge is -2.22. The lowest BCUT2D eigenvalue weighted by Crippen LogP contribution is -2.37. The molecule has 3 aromatic rings. The molecule has 0 radical (unpaired) electrons. The second kappa shape index (κ2) is 9.46. The summed E-state index contributed by atoms with van der Waals surface area (Å²) in [5.41, 5.74) is 1.06. The number of nitrogens with zero attached hydrogens (tertiary/aromatic N) is 3. The fourth-order valence-corrected chi connectivity index (χ4v) is 3.77. The number of para-hydroxylation sites is 1. The first-order valence-corrected chi connectivity index (χ1v) is 9.38. The van der Waals surface area contributed by atoms with Crippen molar-refractivity contribution >= 4 is 56.6 Å². The van der Waals surface area contributed by atoms with E-state index in [1.807, 2.05) is 43.3 Å². The Balaban J connectivity index is 0.00000261. The lowest BCUT2D eigenvalue weighted by atomic mass is 10.1. The maximum atomic E-state index is 14.0. The van der Waals surface area contributed by atoms with Gasteiger partial charge in [-0.05, 0) is 37.9 Å². The van der Waals surface area contributed by atoms with E-state index in [9.17, 15) is 9.18 Å². The van der Waals surface area contributed by atoms with Crippen LogP contribution in [0.3, 0.4) is 0 Å². The monoisotopic (exact) mass is 427 g/mol. The van der Waals surface area contributed by atoms with Crippen LogP contribution in [-0.2, 0) is 11.2 Å². The first-order valence-electron chi connectivity index (χ1n) is 8.19. The Labute approximate surface area is 173 Å². The van der Waals surface area contributed by atoms with E-state index in [0.717, 1.165) is 10.3 Å². The Morgan fingerprint density at radius 2 is 1.89 bits per heavy atom. The number of halogens is 3. The first-order chi connectivity index (χ1) is 12.5. The molecule has 27 heavy (non-hydrogen) atoms. The fraction of sp³-hybridized carbons (Fsp3) is 0.263. The largest absolute Gasteiger partial charge is 0.308 e. The number of anilines is 1. The minimum Gasteiger partial charge on any atom is -0.308 e. The van der Waals surface area contributed by atoms with Gasteiger partial charge in [0.05, 0.1) is 11.1 Å². The van der Waals surface area contributed by atoms with Gasteiger partial charge in [0.25, 0.3) is 0 Å². The number of rotatable bonds is 6. The molecule has 0 unspecified atom stereocenters. The summed E-state index contributed by atoms with van der Waals surface area (Å²) < 4.78 is 14.7. The number of thiazole rings is 1. The molecular weight excluding hydrogens is 408 g/mol. The highest BCUT2D eigenvalue weighted by Crippen LogP contribution is 2.31. The molecule has 0 atom stereocenters. The smallest absolute Gasteiger partial charge is 0.233 e. The Hall–Kier alpha value is -1.73. The van der Waals surface area contributed by atoms with E-state index in [-0.39, 0.29) is 30.6 Å². The van der Waals surface area contributed by atoms with Crippen molar-refractivity contribution in [1.29, 1.82) is 0 Å². The summed E-state index contributed by atoms with van der Waals surface area (Å²) in [7, 11) is 3.88. The maximum absolute atomic E-state index is 14.0. The zero-order valence-corrected chi connectivity index (χ0v) is 17.4. The lowest BCUT2D eigenvalue weighted by molar-refractivity contribution is -0.118. The van der Waals surface area contributed by atoms with Crippen LogP contribution in [0.2, 0.25) is 5.02 Å². The molecular formula is C19H20Cl2FN3OS. The predicted octanol–water partition coefficient (Wildman–Crippen LogP) is 4.65. The molecule has 1 amide bonds. The molecule has 0 bridgehead atoms. The average Bonchev–Trinajstić information content (AvgIpc) is 3.02. The number of aromatic nitrogens is 1. The second-order valence-corrected chi connectivity index (χ2v) is 7.62. The van der Waals surface area contributed by atoms with Crippen molar-refractivity contribution in [3.05, 3.63) is 58.9 Å². The zero-order chi connectivity index (χ0) is 18.7. The Morgan fingerprint density at radius 1 is 1.15 bits per heavy atom. The number of likely N-dealkylation sites (N-methyl/N-ethyl adjacent to an activating group) is 1. The van der Waals surface area contributed by atoms with E-state index in [1.54, 1.807) is 17.0 Å². The van der Waals surface area contributed by atoms with Crippen molar-refractivity contribution in [2.75, 3.05) is 32.1 Å². The van der Waals surface area contributed by atoms with Gasteiger partial charge in [0, 0.05) is 18.1 Å². The van der Waals surface area contributed by atoms with Crippen molar-refractivity contribution < 1.29 is 9.18 Å². The summed E-state index contributed by atoms with van der Waals surface area (Å²) in [6.07, 6.45) is 0.172. The van der Waals surface area contributed by atoms with Crippen LogP contribution in [0.1, 0.15) is 5.56 Å². The van der Waals surface area contributed by atoms with Crippen LogP contribution in [0.25, 0.3) is 10.2 Å². The number of amides is 1. The van der Waals surface area contributed by atoms with Gasteiger partial charge >= 0.3 is 0 Å². The minimum absolute atomic E-state index is 0. The molecule has 0 saturated heterocycles. The average molecular weight is 428 g/mol. The predicted molar refractivity (Wildman–Crippen MR) is 113 cm³/mol. The third kappa shape index (κ3) is 5.17. The van der Waals surface area contributed by atoms with E-state index in [1.165, 1.54) is 17.4 Å². The van der Waals surface area contributed by atoms with E-state index in [2.05, 4.69) is 4.98 Å². The van der Waals surface area contributed by atoms with Gasteiger partial charge in [0.15, 0.2) is 5.13 Å². The topological polar surface area (TPSA) is 36.4 Å². The molecule has 0 fully saturated rings. The normalized spacial score (nSPS) is 10.9. The SMILES string of the molecule is CN(C)CCN(C(=O)Cc1ccccc1Cl)c1nc2c(F)cccc2s1.Cl. The molecule has 1 heterocycles. The highest BCUT2D eigenvalue weighted by Gasteiger charge is 2.21. The summed E-state index contributed by atoms with van der Waals surface area (Å²) in [4.78, 5) is 20.9. The van der Waals surface area contributed by atoms with Crippen molar-refractivity contribution in [3.8, 4) is 0 Å². The Kier molecular flexibility index (Phi) is 7.56. The molecule has 0 aliphatic rings. The van der Waals surface area contributed by atoms with Crippen molar-refractivity contribution in [2.24, 2.45) is 0 Å². The molecule has 3 rings (SSSR count). The summed E-state index contributed by atoms with van der Waals surface area (Å²) in [5.74, 6) is -0.490. The number of carbonyl (C=O) groups is 1. The molecule has 4 nitrogen and oxygen atoms in total. The standard InChI is InChI=1S/C19H19ClFN3OS.ClH/c1-23(2)10-11-24(17(25)12-13-6-3-4-7-14(13)20)19-22-18-15(21)8-5-9-16(18)26-19;/h3-9H,10-12H2,1-2H3;1H. The van der Waals surface area contributed by atoms with E-state index in [0.29, 0.717) is 28.8 Å².